The molecule has 0 fully saturated rings. The van der Waals surface area contributed by atoms with E-state index in [9.17, 15) is 0 Å². The first-order valence-electron chi connectivity index (χ1n) is 15.2. The van der Waals surface area contributed by atoms with E-state index >= 15 is 0 Å². The Morgan fingerprint density at radius 1 is 0.452 bits per heavy atom. The van der Waals surface area contributed by atoms with E-state index in [2.05, 4.69) is 111 Å². The third kappa shape index (κ3) is 7.08. The molecule has 0 aliphatic carbocycles. The Kier molecular flexibility index (Phi) is 9.35. The van der Waals surface area contributed by atoms with Crippen LogP contribution in [0.1, 0.15) is 83.1 Å². The van der Waals surface area contributed by atoms with Crippen molar-refractivity contribution in [3.8, 4) is 0 Å². The summed E-state index contributed by atoms with van der Waals surface area (Å²) in [6.07, 6.45) is 0. The molecule has 0 aliphatic rings. The average Bonchev–Trinajstić information content (AvgIpc) is 2.84. The van der Waals surface area contributed by atoms with Gasteiger partial charge in [0.1, 0.15) is 0 Å². The summed E-state index contributed by atoms with van der Waals surface area (Å²) in [5.41, 5.74) is -1.43. The second-order valence-electron chi connectivity index (χ2n) is 13.8. The molecular formula is C34H50O6Si2. The molecule has 8 heteroatoms. The smallest absolute Gasteiger partial charge is 0.370 e. The summed E-state index contributed by atoms with van der Waals surface area (Å²) >= 11 is 0. The SMILES string of the molecule is CCO[Si](OCC)(OCC)c1cc2ccc3cc([Si](OC(C)(C)C)(OC(C)(C)C)OC(C)(C)C)cc4ccc(c1)c2c34. The van der Waals surface area contributed by atoms with Crippen molar-refractivity contribution in [3.63, 3.8) is 0 Å². The fourth-order valence-corrected chi connectivity index (χ4v) is 11.7. The van der Waals surface area contributed by atoms with Crippen molar-refractivity contribution in [3.05, 3.63) is 48.5 Å². The van der Waals surface area contributed by atoms with Crippen LogP contribution in [0.2, 0.25) is 0 Å². The van der Waals surface area contributed by atoms with Gasteiger partial charge in [0, 0.05) is 30.2 Å². The van der Waals surface area contributed by atoms with Crippen molar-refractivity contribution in [2.45, 2.75) is 99.9 Å². The second-order valence-corrected chi connectivity index (χ2v) is 18.6. The average molecular weight is 611 g/mol. The maximum Gasteiger partial charge on any atom is 0.538 e. The molecule has 6 nitrogen and oxygen atoms in total. The molecule has 4 aromatic rings. The fraction of sp³-hybridized carbons (Fsp3) is 0.529. The summed E-state index contributed by atoms with van der Waals surface area (Å²) in [5.74, 6) is 0. The first-order valence-corrected chi connectivity index (χ1v) is 18.7. The van der Waals surface area contributed by atoms with Crippen molar-refractivity contribution >= 4 is 60.3 Å². The molecule has 0 heterocycles. The van der Waals surface area contributed by atoms with Crippen molar-refractivity contribution in [1.29, 1.82) is 0 Å². The second kappa shape index (κ2) is 11.9. The van der Waals surface area contributed by atoms with Crippen LogP contribution in [0.3, 0.4) is 0 Å². The van der Waals surface area contributed by atoms with Gasteiger partial charge in [0.05, 0.1) is 16.8 Å². The molecule has 0 bridgehead atoms. The van der Waals surface area contributed by atoms with Crippen LogP contribution in [-0.2, 0) is 26.6 Å². The Balaban J connectivity index is 1.99. The van der Waals surface area contributed by atoms with E-state index in [0.29, 0.717) is 19.8 Å². The van der Waals surface area contributed by atoms with Gasteiger partial charge in [-0.05, 0) is 140 Å². The highest BCUT2D eigenvalue weighted by Crippen LogP contribution is 2.36. The quantitative estimate of drug-likeness (QED) is 0.130. The maximum absolute atomic E-state index is 6.87. The molecular weight excluding hydrogens is 561 g/mol. The lowest BCUT2D eigenvalue weighted by Crippen LogP contribution is -2.64. The Morgan fingerprint density at radius 2 is 0.714 bits per heavy atom. The molecule has 4 rings (SSSR count). The van der Waals surface area contributed by atoms with Gasteiger partial charge in [-0.3, -0.25) is 0 Å². The van der Waals surface area contributed by atoms with Gasteiger partial charge < -0.3 is 26.6 Å². The van der Waals surface area contributed by atoms with Gasteiger partial charge in [-0.15, -0.1) is 0 Å². The van der Waals surface area contributed by atoms with Gasteiger partial charge in [-0.1, -0.05) is 24.3 Å². The van der Waals surface area contributed by atoms with Crippen LogP contribution in [-0.4, -0.2) is 54.2 Å². The molecule has 0 spiro atoms. The molecule has 0 N–H and O–H groups in total. The van der Waals surface area contributed by atoms with Crippen LogP contribution in [0.5, 0.6) is 0 Å². The van der Waals surface area contributed by atoms with Crippen LogP contribution in [0.4, 0.5) is 0 Å². The van der Waals surface area contributed by atoms with E-state index < -0.39 is 34.4 Å². The van der Waals surface area contributed by atoms with Crippen LogP contribution < -0.4 is 10.4 Å². The zero-order valence-corrected chi connectivity index (χ0v) is 29.7. The maximum atomic E-state index is 6.87. The van der Waals surface area contributed by atoms with Crippen LogP contribution >= 0.6 is 0 Å². The molecule has 0 aromatic heterocycles. The molecule has 0 saturated carbocycles. The van der Waals surface area contributed by atoms with E-state index in [4.69, 9.17) is 26.6 Å². The van der Waals surface area contributed by atoms with E-state index in [1.165, 1.54) is 10.8 Å². The number of benzene rings is 4. The zero-order valence-electron chi connectivity index (χ0n) is 27.7. The van der Waals surface area contributed by atoms with Gasteiger partial charge >= 0.3 is 17.6 Å². The Labute approximate surface area is 254 Å². The summed E-state index contributed by atoms with van der Waals surface area (Å²) in [4.78, 5) is 0. The Morgan fingerprint density at radius 3 is 0.952 bits per heavy atom. The summed E-state index contributed by atoms with van der Waals surface area (Å²) in [6, 6.07) is 17.5. The molecule has 0 amide bonds. The zero-order chi connectivity index (χ0) is 31.1. The minimum Gasteiger partial charge on any atom is -0.370 e. The number of rotatable bonds is 11. The summed E-state index contributed by atoms with van der Waals surface area (Å²) < 4.78 is 39.4. The highest BCUT2D eigenvalue weighted by molar-refractivity contribution is 6.76. The third-order valence-corrected chi connectivity index (χ3v) is 13.2. The monoisotopic (exact) mass is 610 g/mol. The lowest BCUT2D eigenvalue weighted by Gasteiger charge is -2.43. The molecule has 0 aliphatic heterocycles. The molecule has 0 unspecified atom stereocenters. The minimum atomic E-state index is -3.43. The van der Waals surface area contributed by atoms with Crippen molar-refractivity contribution in [2.24, 2.45) is 0 Å². The van der Waals surface area contributed by atoms with E-state index in [1.54, 1.807) is 0 Å². The number of hydrogen-bond acceptors (Lipinski definition) is 6. The molecule has 4 aromatic carbocycles. The largest absolute Gasteiger partial charge is 0.538 e. The van der Waals surface area contributed by atoms with Gasteiger partial charge in [0.2, 0.25) is 0 Å². The van der Waals surface area contributed by atoms with Gasteiger partial charge in [-0.25, -0.2) is 0 Å². The van der Waals surface area contributed by atoms with E-state index in [0.717, 1.165) is 31.9 Å². The van der Waals surface area contributed by atoms with Crippen molar-refractivity contribution < 1.29 is 26.6 Å². The molecule has 42 heavy (non-hydrogen) atoms. The van der Waals surface area contributed by atoms with Gasteiger partial charge in [-0.2, -0.15) is 0 Å². The van der Waals surface area contributed by atoms with Crippen molar-refractivity contribution in [1.82, 2.24) is 0 Å². The van der Waals surface area contributed by atoms with E-state index in [-0.39, 0.29) is 0 Å². The standard InChI is InChI=1S/C34H50O6Si2/c1-13-35-41(36-14-2,37-15-3)28-20-24-16-18-26-22-29(23-27-19-17-25(21-28)30(24)31(26)27)42(38-32(4,5)6,39-33(7,8)9)40-34(10,11)12/h16-23H,13-15H2,1-12H3. The summed E-state index contributed by atoms with van der Waals surface area (Å²) in [5, 5.41) is 8.89. The lowest BCUT2D eigenvalue weighted by atomic mass is 9.94. The molecule has 230 valence electrons. The third-order valence-electron chi connectivity index (χ3n) is 6.57. The molecule has 0 saturated heterocycles. The van der Waals surface area contributed by atoms with Gasteiger partial charge in [0.25, 0.3) is 0 Å². The Hall–Kier alpha value is -1.89. The highest BCUT2D eigenvalue weighted by atomic mass is 28.4. The van der Waals surface area contributed by atoms with Crippen LogP contribution in [0.25, 0.3) is 32.3 Å². The van der Waals surface area contributed by atoms with Gasteiger partial charge in [0.15, 0.2) is 0 Å². The number of hydrogen-bond donors (Lipinski definition) is 0. The van der Waals surface area contributed by atoms with Crippen molar-refractivity contribution in [2.75, 3.05) is 19.8 Å². The van der Waals surface area contributed by atoms with E-state index in [1.807, 2.05) is 20.8 Å². The first kappa shape index (κ1) is 33.0. The predicted molar refractivity (Wildman–Crippen MR) is 178 cm³/mol. The Bertz CT molecular complexity index is 1390. The lowest BCUT2D eigenvalue weighted by molar-refractivity contribution is -0.0655. The normalized spacial score (nSPS) is 14.1. The first-order chi connectivity index (χ1) is 19.4. The summed E-state index contributed by atoms with van der Waals surface area (Å²) in [7, 11) is -6.49. The predicted octanol–water partition coefficient (Wildman–Crippen LogP) is 7.43. The topological polar surface area (TPSA) is 55.4 Å². The molecule has 0 atom stereocenters. The van der Waals surface area contributed by atoms with Crippen LogP contribution in [0, 0.1) is 0 Å². The van der Waals surface area contributed by atoms with Crippen LogP contribution in [0.15, 0.2) is 48.5 Å². The highest BCUT2D eigenvalue weighted by Gasteiger charge is 2.52. The fourth-order valence-electron chi connectivity index (χ4n) is 5.58. The minimum absolute atomic E-state index is 0.476. The summed E-state index contributed by atoms with van der Waals surface area (Å²) in [6.45, 7) is 26.1. The molecule has 0 radical (unpaired) electrons.